The number of anilines is 1. The number of hydrogen-bond donors (Lipinski definition) is 4. The van der Waals surface area contributed by atoms with Crippen LogP contribution < -0.4 is 16.1 Å². The molecule has 0 aliphatic carbocycles. The van der Waals surface area contributed by atoms with Crippen molar-refractivity contribution in [1.82, 2.24) is 10.7 Å². The molecule has 0 saturated heterocycles. The first kappa shape index (κ1) is 20.6. The Morgan fingerprint density at radius 1 is 1.11 bits per heavy atom. The molecule has 0 aliphatic heterocycles. The summed E-state index contributed by atoms with van der Waals surface area (Å²) < 4.78 is 13.2. The van der Waals surface area contributed by atoms with Crippen LogP contribution in [0, 0.1) is 5.41 Å². The monoisotopic (exact) mass is 377 g/mol. The van der Waals surface area contributed by atoms with Crippen LogP contribution in [0.3, 0.4) is 0 Å². The van der Waals surface area contributed by atoms with Crippen molar-refractivity contribution in [3.05, 3.63) is 96.1 Å². The summed E-state index contributed by atoms with van der Waals surface area (Å²) in [6, 6.07) is 15.4. The predicted octanol–water partition coefficient (Wildman–Crippen LogP) is 4.28. The maximum Gasteiger partial charge on any atom is 0.189 e. The fraction of sp³-hybridized carbons (Fsp3) is 0.0909. The Hall–Kier alpha value is -3.67. The quantitative estimate of drug-likeness (QED) is 0.299. The van der Waals surface area contributed by atoms with Gasteiger partial charge in [-0.2, -0.15) is 9.49 Å². The van der Waals surface area contributed by atoms with Crippen LogP contribution in [0.5, 0.6) is 0 Å². The Balaban J connectivity index is 2.25. The lowest BCUT2D eigenvalue weighted by molar-refractivity contribution is 0.575. The van der Waals surface area contributed by atoms with Gasteiger partial charge >= 0.3 is 0 Å². The number of nitrogens with zero attached hydrogens (tertiary/aromatic N) is 1. The van der Waals surface area contributed by atoms with Gasteiger partial charge in [-0.1, -0.05) is 55.6 Å². The molecule has 2 aromatic carbocycles. The van der Waals surface area contributed by atoms with E-state index in [1.807, 2.05) is 48.5 Å². The van der Waals surface area contributed by atoms with Gasteiger partial charge in [0.25, 0.3) is 0 Å². The average molecular weight is 377 g/mol. The average Bonchev–Trinajstić information content (AvgIpc) is 2.72. The summed E-state index contributed by atoms with van der Waals surface area (Å²) in [4.78, 5) is 0. The smallest absolute Gasteiger partial charge is 0.189 e. The highest BCUT2D eigenvalue weighted by atomic mass is 19.1. The van der Waals surface area contributed by atoms with Crippen LogP contribution in [0.4, 0.5) is 10.1 Å². The van der Waals surface area contributed by atoms with Gasteiger partial charge in [0.1, 0.15) is 0 Å². The molecular weight excluding hydrogens is 353 g/mol. The zero-order chi connectivity index (χ0) is 20.5. The summed E-state index contributed by atoms with van der Waals surface area (Å²) in [6.45, 7) is 7.64. The Bertz CT molecular complexity index is 926. The summed E-state index contributed by atoms with van der Waals surface area (Å²) in [5, 5.41) is 17.6. The molecule has 0 saturated carbocycles. The van der Waals surface area contributed by atoms with E-state index in [-0.39, 0.29) is 5.71 Å². The highest BCUT2D eigenvalue weighted by Crippen LogP contribution is 2.19. The highest BCUT2D eigenvalue weighted by molar-refractivity contribution is 6.14. The summed E-state index contributed by atoms with van der Waals surface area (Å²) in [7, 11) is 3.20. The first-order chi connectivity index (χ1) is 13.5. The molecule has 6 heteroatoms. The molecule has 5 nitrogen and oxygen atoms in total. The maximum atomic E-state index is 13.2. The molecule has 0 bridgehead atoms. The number of hydrogen-bond acceptors (Lipinski definition) is 5. The van der Waals surface area contributed by atoms with Gasteiger partial charge < -0.3 is 16.1 Å². The van der Waals surface area contributed by atoms with Crippen molar-refractivity contribution in [2.75, 3.05) is 19.4 Å². The topological polar surface area (TPSA) is 72.3 Å². The van der Waals surface area contributed by atoms with E-state index in [0.29, 0.717) is 5.70 Å². The normalized spacial score (nSPS) is 11.5. The second kappa shape index (κ2) is 9.87. The second-order valence-corrected chi connectivity index (χ2v) is 5.81. The molecule has 0 fully saturated rings. The van der Waals surface area contributed by atoms with E-state index in [9.17, 15) is 4.39 Å². The second-order valence-electron chi connectivity index (χ2n) is 5.81. The van der Waals surface area contributed by atoms with Crippen molar-refractivity contribution >= 4 is 23.2 Å². The van der Waals surface area contributed by atoms with E-state index in [4.69, 9.17) is 5.41 Å². The number of halogens is 1. The van der Waals surface area contributed by atoms with Crippen LogP contribution in [0.2, 0.25) is 0 Å². The van der Waals surface area contributed by atoms with Crippen molar-refractivity contribution in [3.8, 4) is 0 Å². The molecule has 0 amide bonds. The molecular formula is C22H24FN5. The highest BCUT2D eigenvalue weighted by Gasteiger charge is 2.11. The van der Waals surface area contributed by atoms with E-state index >= 15 is 0 Å². The van der Waals surface area contributed by atoms with Gasteiger partial charge in [-0.05, 0) is 17.7 Å². The van der Waals surface area contributed by atoms with Gasteiger partial charge in [0.2, 0.25) is 0 Å². The fourth-order valence-corrected chi connectivity index (χ4v) is 2.52. The van der Waals surface area contributed by atoms with Gasteiger partial charge in [-0.3, -0.25) is 5.41 Å². The van der Waals surface area contributed by atoms with Crippen molar-refractivity contribution < 1.29 is 4.39 Å². The Labute approximate surface area is 164 Å². The van der Waals surface area contributed by atoms with Crippen LogP contribution in [-0.2, 0) is 0 Å². The van der Waals surface area contributed by atoms with Gasteiger partial charge in [0.15, 0.2) is 5.95 Å². The third-order valence-corrected chi connectivity index (χ3v) is 3.95. The standard InChI is InChI=1S/C22H24FN5/c1-5-16-8-6-7-9-19(16)22(28-26-4)17-10-12-18(13-11-17)27-15(2)20(24)14-21(23)25-3/h5-14,24-27H,1-2H2,3-4H3/b21-14-,24-20?,28-22-. The Kier molecular flexibility index (Phi) is 7.28. The van der Waals surface area contributed by atoms with E-state index in [1.165, 1.54) is 7.05 Å². The Morgan fingerprint density at radius 3 is 2.39 bits per heavy atom. The van der Waals surface area contributed by atoms with Crippen molar-refractivity contribution in [2.24, 2.45) is 5.10 Å². The minimum atomic E-state index is -0.600. The molecule has 0 atom stereocenters. The first-order valence-electron chi connectivity index (χ1n) is 8.66. The molecule has 2 rings (SSSR count). The molecule has 144 valence electrons. The van der Waals surface area contributed by atoms with Crippen LogP contribution in [0.1, 0.15) is 16.7 Å². The molecule has 0 aliphatic rings. The third-order valence-electron chi connectivity index (χ3n) is 3.95. The van der Waals surface area contributed by atoms with Crippen LogP contribution >= 0.6 is 0 Å². The lowest BCUT2D eigenvalue weighted by atomic mass is 9.97. The van der Waals surface area contributed by atoms with Crippen LogP contribution in [0.15, 0.2) is 84.5 Å². The van der Waals surface area contributed by atoms with Gasteiger partial charge in [0, 0.05) is 37.0 Å². The molecule has 0 heterocycles. The molecule has 0 radical (unpaired) electrons. The lowest BCUT2D eigenvalue weighted by Gasteiger charge is -2.12. The zero-order valence-electron chi connectivity index (χ0n) is 16.0. The molecule has 0 unspecified atom stereocenters. The van der Waals surface area contributed by atoms with Crippen LogP contribution in [-0.4, -0.2) is 25.5 Å². The Morgan fingerprint density at radius 2 is 1.79 bits per heavy atom. The van der Waals surface area contributed by atoms with Gasteiger partial charge in [-0.25, -0.2) is 0 Å². The van der Waals surface area contributed by atoms with Crippen molar-refractivity contribution in [3.63, 3.8) is 0 Å². The largest absolute Gasteiger partial charge is 0.365 e. The third kappa shape index (κ3) is 5.17. The molecule has 2 aromatic rings. The van der Waals surface area contributed by atoms with Gasteiger partial charge in [-0.15, -0.1) is 0 Å². The summed E-state index contributed by atoms with van der Waals surface area (Å²) in [5.41, 5.74) is 7.48. The first-order valence-corrected chi connectivity index (χ1v) is 8.66. The van der Waals surface area contributed by atoms with E-state index in [1.54, 1.807) is 13.1 Å². The SMILES string of the molecule is C=Cc1ccccc1/C(=N\NC)c1ccc(NC(=C)C(=N)/C=C(/F)NC)cc1. The van der Waals surface area contributed by atoms with E-state index in [2.05, 4.69) is 34.3 Å². The molecule has 28 heavy (non-hydrogen) atoms. The predicted molar refractivity (Wildman–Crippen MR) is 116 cm³/mol. The zero-order valence-corrected chi connectivity index (χ0v) is 16.0. The van der Waals surface area contributed by atoms with E-state index in [0.717, 1.165) is 34.2 Å². The lowest BCUT2D eigenvalue weighted by Crippen LogP contribution is -2.12. The van der Waals surface area contributed by atoms with Gasteiger partial charge in [0.05, 0.1) is 17.1 Å². The maximum absolute atomic E-state index is 13.2. The summed E-state index contributed by atoms with van der Waals surface area (Å²) in [6.07, 6.45) is 2.86. The summed E-state index contributed by atoms with van der Waals surface area (Å²) in [5.74, 6) is -0.600. The fourth-order valence-electron chi connectivity index (χ4n) is 2.52. The minimum Gasteiger partial charge on any atom is -0.365 e. The molecule has 4 N–H and O–H groups in total. The molecule has 0 aromatic heterocycles. The van der Waals surface area contributed by atoms with E-state index < -0.39 is 5.95 Å². The number of benzene rings is 2. The minimum absolute atomic E-state index is 0.0479. The number of nitrogens with one attached hydrogen (secondary N) is 4. The number of hydrazone groups is 1. The van der Waals surface area contributed by atoms with Crippen LogP contribution in [0.25, 0.3) is 6.08 Å². The number of rotatable bonds is 9. The number of allylic oxidation sites excluding steroid dienone is 1. The molecule has 0 spiro atoms. The van der Waals surface area contributed by atoms with Crippen molar-refractivity contribution in [1.29, 1.82) is 5.41 Å². The summed E-state index contributed by atoms with van der Waals surface area (Å²) >= 11 is 0. The van der Waals surface area contributed by atoms with Crippen molar-refractivity contribution in [2.45, 2.75) is 0 Å².